The summed E-state index contributed by atoms with van der Waals surface area (Å²) in [6.07, 6.45) is 0. The average molecular weight is 391 g/mol. The van der Waals surface area contributed by atoms with Gasteiger partial charge in [-0.3, -0.25) is 19.5 Å². The lowest BCUT2D eigenvalue weighted by atomic mass is 10.1. The van der Waals surface area contributed by atoms with E-state index >= 15 is 0 Å². The van der Waals surface area contributed by atoms with Crippen LogP contribution in [0.1, 0.15) is 18.3 Å². The van der Waals surface area contributed by atoms with Crippen LogP contribution in [0.25, 0.3) is 11.3 Å². The molecule has 10 nitrogen and oxygen atoms in total. The highest BCUT2D eigenvalue weighted by Crippen LogP contribution is 2.27. The molecule has 3 aromatic rings. The SMILES string of the molecule is CCn1nc(C)c(NS(=O)(=O)c2cc(-c3ccc([N+](=O)[O-])cc3)no2)c1C. The number of nitrogens with one attached hydrogen (secondary N) is 1. The van der Waals surface area contributed by atoms with Crippen LogP contribution in [0.5, 0.6) is 0 Å². The van der Waals surface area contributed by atoms with Crippen molar-refractivity contribution in [2.24, 2.45) is 0 Å². The van der Waals surface area contributed by atoms with Crippen molar-refractivity contribution in [3.63, 3.8) is 0 Å². The minimum Gasteiger partial charge on any atom is -0.342 e. The first kappa shape index (κ1) is 18.6. The van der Waals surface area contributed by atoms with E-state index in [1.165, 1.54) is 30.3 Å². The van der Waals surface area contributed by atoms with Gasteiger partial charge >= 0.3 is 0 Å². The van der Waals surface area contributed by atoms with Gasteiger partial charge in [-0.25, -0.2) is 0 Å². The fourth-order valence-corrected chi connectivity index (χ4v) is 3.68. The van der Waals surface area contributed by atoms with Crippen LogP contribution in [0, 0.1) is 24.0 Å². The number of anilines is 1. The van der Waals surface area contributed by atoms with Crippen molar-refractivity contribution in [1.29, 1.82) is 0 Å². The molecule has 1 N–H and O–H groups in total. The first-order valence-corrected chi connectivity index (χ1v) is 9.49. The lowest BCUT2D eigenvalue weighted by Gasteiger charge is -2.05. The second-order valence-electron chi connectivity index (χ2n) is 5.80. The zero-order valence-electron chi connectivity index (χ0n) is 14.8. The standard InChI is InChI=1S/C16H17N5O5S/c1-4-20-11(3)16(10(2)17-20)19-27(24,25)15-9-14(18-26-15)12-5-7-13(8-6-12)21(22)23/h5-9,19H,4H2,1-3H3. The Hall–Kier alpha value is -3.21. The molecule has 0 amide bonds. The van der Waals surface area contributed by atoms with Crippen LogP contribution in [-0.2, 0) is 16.6 Å². The number of aryl methyl sites for hydroxylation is 2. The molecule has 0 unspecified atom stereocenters. The molecule has 0 aliphatic heterocycles. The van der Waals surface area contributed by atoms with Gasteiger partial charge in [-0.05, 0) is 32.9 Å². The van der Waals surface area contributed by atoms with E-state index in [1.54, 1.807) is 18.5 Å². The molecular weight excluding hydrogens is 374 g/mol. The van der Waals surface area contributed by atoms with Crippen LogP contribution in [0.15, 0.2) is 39.9 Å². The molecule has 0 aliphatic carbocycles. The maximum atomic E-state index is 12.6. The van der Waals surface area contributed by atoms with E-state index < -0.39 is 14.9 Å². The Kier molecular flexibility index (Phi) is 4.70. The topological polar surface area (TPSA) is 133 Å². The Morgan fingerprint density at radius 1 is 1.26 bits per heavy atom. The van der Waals surface area contributed by atoms with Crippen LogP contribution in [-0.4, -0.2) is 28.3 Å². The molecule has 1 aromatic carbocycles. The van der Waals surface area contributed by atoms with Gasteiger partial charge in [0.15, 0.2) is 0 Å². The molecule has 11 heteroatoms. The van der Waals surface area contributed by atoms with Gasteiger partial charge in [-0.15, -0.1) is 0 Å². The Morgan fingerprint density at radius 3 is 2.48 bits per heavy atom. The smallest absolute Gasteiger partial charge is 0.298 e. The number of rotatable bonds is 6. The summed E-state index contributed by atoms with van der Waals surface area (Å²) in [4.78, 5) is 10.2. The zero-order chi connectivity index (χ0) is 19.8. The van der Waals surface area contributed by atoms with Crippen molar-refractivity contribution in [1.82, 2.24) is 14.9 Å². The van der Waals surface area contributed by atoms with Crippen LogP contribution in [0.3, 0.4) is 0 Å². The number of nitrogens with zero attached hydrogens (tertiary/aromatic N) is 4. The summed E-state index contributed by atoms with van der Waals surface area (Å²) in [7, 11) is -4.00. The molecule has 0 bridgehead atoms. The molecule has 0 aliphatic rings. The van der Waals surface area contributed by atoms with Gasteiger partial charge in [0.2, 0.25) is 0 Å². The van der Waals surface area contributed by atoms with Gasteiger partial charge in [0.25, 0.3) is 20.8 Å². The van der Waals surface area contributed by atoms with Crippen LogP contribution in [0.2, 0.25) is 0 Å². The number of hydrogen-bond donors (Lipinski definition) is 1. The third kappa shape index (κ3) is 3.53. The Morgan fingerprint density at radius 2 is 1.93 bits per heavy atom. The number of hydrogen-bond acceptors (Lipinski definition) is 7. The molecule has 142 valence electrons. The zero-order valence-corrected chi connectivity index (χ0v) is 15.6. The molecule has 3 rings (SSSR count). The van der Waals surface area contributed by atoms with Gasteiger partial charge in [0.1, 0.15) is 5.69 Å². The van der Waals surface area contributed by atoms with Crippen LogP contribution < -0.4 is 4.72 Å². The molecular formula is C16H17N5O5S. The fourth-order valence-electron chi connectivity index (χ4n) is 2.61. The first-order valence-electron chi connectivity index (χ1n) is 8.01. The number of non-ortho nitro benzene ring substituents is 1. The molecule has 0 fully saturated rings. The third-order valence-corrected chi connectivity index (χ3v) is 5.24. The molecule has 0 radical (unpaired) electrons. The van der Waals surface area contributed by atoms with Crippen molar-refractivity contribution in [2.45, 2.75) is 32.4 Å². The van der Waals surface area contributed by atoms with E-state index in [2.05, 4.69) is 15.0 Å². The largest absolute Gasteiger partial charge is 0.342 e. The fraction of sp³-hybridized carbons (Fsp3) is 0.250. The first-order chi connectivity index (χ1) is 12.7. The van der Waals surface area contributed by atoms with Crippen LogP contribution >= 0.6 is 0 Å². The van der Waals surface area contributed by atoms with Crippen molar-refractivity contribution >= 4 is 21.4 Å². The number of aromatic nitrogens is 3. The molecule has 27 heavy (non-hydrogen) atoms. The van der Waals surface area contributed by atoms with Gasteiger partial charge < -0.3 is 4.52 Å². The summed E-state index contributed by atoms with van der Waals surface area (Å²) in [5, 5.41) is 18.4. The minimum absolute atomic E-state index is 0.0735. The third-order valence-electron chi connectivity index (χ3n) is 4.04. The van der Waals surface area contributed by atoms with Crippen molar-refractivity contribution in [3.8, 4) is 11.3 Å². The van der Waals surface area contributed by atoms with Crippen molar-refractivity contribution < 1.29 is 17.9 Å². The van der Waals surface area contributed by atoms with E-state index in [0.717, 1.165) is 0 Å². The number of nitro groups is 1. The van der Waals surface area contributed by atoms with Crippen molar-refractivity contribution in [2.75, 3.05) is 4.72 Å². The lowest BCUT2D eigenvalue weighted by Crippen LogP contribution is -2.13. The van der Waals surface area contributed by atoms with E-state index in [0.29, 0.717) is 29.2 Å². The quantitative estimate of drug-likeness (QED) is 0.504. The maximum Gasteiger partial charge on any atom is 0.298 e. The van der Waals surface area contributed by atoms with E-state index in [1.807, 2.05) is 6.92 Å². The summed E-state index contributed by atoms with van der Waals surface area (Å²) in [5.41, 5.74) is 2.31. The van der Waals surface area contributed by atoms with E-state index in [9.17, 15) is 18.5 Å². The highest BCUT2D eigenvalue weighted by molar-refractivity contribution is 7.92. The minimum atomic E-state index is -4.00. The van der Waals surface area contributed by atoms with Crippen molar-refractivity contribution in [3.05, 3.63) is 51.8 Å². The van der Waals surface area contributed by atoms with Gasteiger partial charge in [-0.2, -0.15) is 13.5 Å². The molecule has 0 saturated heterocycles. The van der Waals surface area contributed by atoms with Gasteiger partial charge in [0, 0.05) is 30.3 Å². The summed E-state index contributed by atoms with van der Waals surface area (Å²) < 4.78 is 34.4. The van der Waals surface area contributed by atoms with Gasteiger partial charge in [0.05, 0.1) is 22.0 Å². The predicted molar refractivity (Wildman–Crippen MR) is 96.8 cm³/mol. The highest BCUT2D eigenvalue weighted by Gasteiger charge is 2.24. The summed E-state index contributed by atoms with van der Waals surface area (Å²) in [5.74, 6) is 0. The Labute approximate surface area is 155 Å². The monoisotopic (exact) mass is 391 g/mol. The molecule has 0 spiro atoms. The number of benzene rings is 1. The van der Waals surface area contributed by atoms with Crippen LogP contribution in [0.4, 0.5) is 11.4 Å². The summed E-state index contributed by atoms with van der Waals surface area (Å²) in [6, 6.07) is 6.82. The van der Waals surface area contributed by atoms with E-state index in [-0.39, 0.29) is 16.5 Å². The Bertz CT molecular complexity index is 1100. The maximum absolute atomic E-state index is 12.6. The summed E-state index contributed by atoms with van der Waals surface area (Å²) in [6.45, 7) is 6.00. The molecule has 0 saturated carbocycles. The average Bonchev–Trinajstić information content (AvgIpc) is 3.23. The second-order valence-corrected chi connectivity index (χ2v) is 7.42. The normalized spacial score (nSPS) is 11.5. The predicted octanol–water partition coefficient (Wildman–Crippen LogP) is 2.88. The Balaban J connectivity index is 1.89. The van der Waals surface area contributed by atoms with Gasteiger partial charge in [-0.1, -0.05) is 5.16 Å². The summed E-state index contributed by atoms with van der Waals surface area (Å²) >= 11 is 0. The lowest BCUT2D eigenvalue weighted by molar-refractivity contribution is -0.384. The van der Waals surface area contributed by atoms with E-state index in [4.69, 9.17) is 4.52 Å². The number of sulfonamides is 1. The molecule has 0 atom stereocenters. The highest BCUT2D eigenvalue weighted by atomic mass is 32.2. The second kappa shape index (κ2) is 6.83. The molecule has 2 heterocycles. The number of nitro benzene ring substituents is 1. The molecule has 2 aromatic heterocycles.